The molecule has 9 nitrogen and oxygen atoms in total. The second-order valence-electron chi connectivity index (χ2n) is 6.97. The molecule has 0 heterocycles. The molecule has 11 heteroatoms. The van der Waals surface area contributed by atoms with Gasteiger partial charge in [-0.2, -0.15) is 25.3 Å². The summed E-state index contributed by atoms with van der Waals surface area (Å²) in [5, 5.41) is 16.6. The maximum absolute atomic E-state index is 12.5. The van der Waals surface area contributed by atoms with Crippen molar-refractivity contribution in [2.45, 2.75) is 58.3 Å². The van der Waals surface area contributed by atoms with Crippen LogP contribution in [0, 0.1) is 11.8 Å². The normalized spacial score (nSPS) is 16.4. The third-order valence-electron chi connectivity index (χ3n) is 4.42. The van der Waals surface area contributed by atoms with E-state index in [-0.39, 0.29) is 23.3 Å². The average Bonchev–Trinajstić information content (AvgIpc) is 2.65. The van der Waals surface area contributed by atoms with Crippen molar-refractivity contribution in [1.29, 1.82) is 0 Å². The van der Waals surface area contributed by atoms with Gasteiger partial charge in [0.15, 0.2) is 0 Å². The van der Waals surface area contributed by atoms with Crippen LogP contribution >= 0.6 is 25.3 Å². The molecule has 0 radical (unpaired) electrons. The predicted molar refractivity (Wildman–Crippen MR) is 113 cm³/mol. The fourth-order valence-corrected chi connectivity index (χ4v) is 2.72. The SMILES string of the molecule is CCC(C)C(N)C(=O)NC(CS)C(=O)NC(CS)C(=O)NC(C(=O)O)C(C)C. The van der Waals surface area contributed by atoms with Crippen molar-refractivity contribution in [3.05, 3.63) is 0 Å². The molecule has 162 valence electrons. The summed E-state index contributed by atoms with van der Waals surface area (Å²) in [6.45, 7) is 7.04. The number of aliphatic carboxylic acids is 1. The fourth-order valence-electron chi connectivity index (χ4n) is 2.21. The third kappa shape index (κ3) is 8.27. The summed E-state index contributed by atoms with van der Waals surface area (Å²) in [5.41, 5.74) is 5.86. The zero-order valence-electron chi connectivity index (χ0n) is 16.6. The number of hydrogen-bond acceptors (Lipinski definition) is 7. The lowest BCUT2D eigenvalue weighted by atomic mass is 9.99. The fraction of sp³-hybridized carbons (Fsp3) is 0.765. The van der Waals surface area contributed by atoms with Gasteiger partial charge in [0.05, 0.1) is 6.04 Å². The molecule has 0 bridgehead atoms. The van der Waals surface area contributed by atoms with Gasteiger partial charge in [0.2, 0.25) is 17.7 Å². The van der Waals surface area contributed by atoms with E-state index in [9.17, 15) is 24.3 Å². The Balaban J connectivity index is 5.02. The van der Waals surface area contributed by atoms with Crippen molar-refractivity contribution in [3.8, 4) is 0 Å². The molecule has 0 fully saturated rings. The van der Waals surface area contributed by atoms with E-state index in [1.54, 1.807) is 13.8 Å². The summed E-state index contributed by atoms with van der Waals surface area (Å²) in [6.07, 6.45) is 0.703. The number of hydrogen-bond donors (Lipinski definition) is 7. The number of carbonyl (C=O) groups is 4. The number of amides is 3. The Kier molecular flexibility index (Phi) is 12.2. The van der Waals surface area contributed by atoms with Crippen molar-refractivity contribution in [2.24, 2.45) is 17.6 Å². The molecule has 0 aromatic rings. The molecular weight excluding hydrogens is 404 g/mol. The zero-order chi connectivity index (χ0) is 22.0. The maximum atomic E-state index is 12.5. The third-order valence-corrected chi connectivity index (χ3v) is 5.15. The highest BCUT2D eigenvalue weighted by atomic mass is 32.1. The molecule has 0 aliphatic carbocycles. The first-order valence-corrected chi connectivity index (χ1v) is 10.4. The van der Waals surface area contributed by atoms with Gasteiger partial charge in [0, 0.05) is 11.5 Å². The topological polar surface area (TPSA) is 151 Å². The van der Waals surface area contributed by atoms with Gasteiger partial charge in [-0.15, -0.1) is 0 Å². The minimum absolute atomic E-state index is 0.00451. The highest BCUT2D eigenvalue weighted by Crippen LogP contribution is 2.06. The molecule has 5 unspecified atom stereocenters. The molecule has 0 aliphatic heterocycles. The molecule has 0 rings (SSSR count). The van der Waals surface area contributed by atoms with Crippen LogP contribution in [0.3, 0.4) is 0 Å². The van der Waals surface area contributed by atoms with Crippen LogP contribution in [0.25, 0.3) is 0 Å². The Bertz CT molecular complexity index is 562. The standard InChI is InChI=1S/C17H32N4O5S2/c1-5-9(4)12(18)16(24)20-10(6-27)14(22)19-11(7-28)15(23)21-13(8(2)3)17(25)26/h8-13,27-28H,5-7,18H2,1-4H3,(H,19,22)(H,20,24)(H,21,23)(H,25,26). The quantitative estimate of drug-likeness (QED) is 0.203. The largest absolute Gasteiger partial charge is 0.480 e. The van der Waals surface area contributed by atoms with E-state index in [4.69, 9.17) is 5.73 Å². The van der Waals surface area contributed by atoms with Crippen molar-refractivity contribution in [1.82, 2.24) is 16.0 Å². The maximum Gasteiger partial charge on any atom is 0.326 e. The number of carboxylic acid groups (broad SMARTS) is 1. The molecule has 28 heavy (non-hydrogen) atoms. The monoisotopic (exact) mass is 436 g/mol. The van der Waals surface area contributed by atoms with Gasteiger partial charge in [-0.25, -0.2) is 4.79 Å². The van der Waals surface area contributed by atoms with Crippen LogP contribution in [-0.4, -0.2) is 64.5 Å². The molecule has 5 atom stereocenters. The van der Waals surface area contributed by atoms with Gasteiger partial charge in [-0.3, -0.25) is 14.4 Å². The molecule has 0 saturated carbocycles. The number of nitrogens with one attached hydrogen (secondary N) is 3. The second-order valence-corrected chi connectivity index (χ2v) is 7.70. The summed E-state index contributed by atoms with van der Waals surface area (Å²) in [6, 6.07) is -3.94. The molecule has 0 aromatic heterocycles. The van der Waals surface area contributed by atoms with E-state index in [0.29, 0.717) is 6.42 Å². The van der Waals surface area contributed by atoms with E-state index >= 15 is 0 Å². The molecule has 3 amide bonds. The smallest absolute Gasteiger partial charge is 0.326 e. The predicted octanol–water partition coefficient (Wildman–Crippen LogP) is -0.586. The van der Waals surface area contributed by atoms with Crippen molar-refractivity contribution >= 4 is 48.9 Å². The number of carboxylic acids is 1. The number of nitrogens with two attached hydrogens (primary N) is 1. The first-order valence-electron chi connectivity index (χ1n) is 9.11. The van der Waals surface area contributed by atoms with Crippen molar-refractivity contribution < 1.29 is 24.3 Å². The second kappa shape index (κ2) is 12.9. The lowest BCUT2D eigenvalue weighted by molar-refractivity contribution is -0.143. The molecule has 6 N–H and O–H groups in total. The Morgan fingerprint density at radius 1 is 0.893 bits per heavy atom. The number of thiol groups is 2. The van der Waals surface area contributed by atoms with Crippen LogP contribution < -0.4 is 21.7 Å². The first-order chi connectivity index (χ1) is 13.0. The van der Waals surface area contributed by atoms with Crippen LogP contribution in [0.1, 0.15) is 34.1 Å². The summed E-state index contributed by atoms with van der Waals surface area (Å²) < 4.78 is 0. The molecule has 0 aromatic carbocycles. The first kappa shape index (κ1) is 26.5. The van der Waals surface area contributed by atoms with Gasteiger partial charge in [0.25, 0.3) is 0 Å². The Labute approximate surface area is 176 Å². The summed E-state index contributed by atoms with van der Waals surface area (Å²) in [5.74, 6) is -3.44. The van der Waals surface area contributed by atoms with Gasteiger partial charge in [-0.05, 0) is 11.8 Å². The van der Waals surface area contributed by atoms with Crippen molar-refractivity contribution in [3.63, 3.8) is 0 Å². The molecule has 0 aliphatic rings. The van der Waals surface area contributed by atoms with Crippen molar-refractivity contribution in [2.75, 3.05) is 11.5 Å². The van der Waals surface area contributed by atoms with Gasteiger partial charge in [0.1, 0.15) is 18.1 Å². The van der Waals surface area contributed by atoms with Crippen LogP contribution in [-0.2, 0) is 19.2 Å². The number of carbonyl (C=O) groups excluding carboxylic acids is 3. The molecule has 0 saturated heterocycles. The average molecular weight is 437 g/mol. The lowest BCUT2D eigenvalue weighted by Gasteiger charge is -2.25. The van der Waals surface area contributed by atoms with E-state index < -0.39 is 47.9 Å². The Morgan fingerprint density at radius 2 is 1.32 bits per heavy atom. The van der Waals surface area contributed by atoms with Crippen LogP contribution in [0.4, 0.5) is 0 Å². The minimum Gasteiger partial charge on any atom is -0.480 e. The van der Waals surface area contributed by atoms with E-state index in [2.05, 4.69) is 41.2 Å². The zero-order valence-corrected chi connectivity index (χ0v) is 18.4. The molecule has 0 spiro atoms. The summed E-state index contributed by atoms with van der Waals surface area (Å²) >= 11 is 8.12. The van der Waals surface area contributed by atoms with Crippen LogP contribution in [0.5, 0.6) is 0 Å². The molecular formula is C17H32N4O5S2. The van der Waals surface area contributed by atoms with E-state index in [0.717, 1.165) is 0 Å². The summed E-state index contributed by atoms with van der Waals surface area (Å²) in [4.78, 5) is 48.2. The van der Waals surface area contributed by atoms with Crippen LogP contribution in [0.2, 0.25) is 0 Å². The highest BCUT2D eigenvalue weighted by Gasteiger charge is 2.30. The Hall–Kier alpha value is -1.46. The Morgan fingerprint density at radius 3 is 1.68 bits per heavy atom. The summed E-state index contributed by atoms with van der Waals surface area (Å²) in [7, 11) is 0. The van der Waals surface area contributed by atoms with E-state index in [1.807, 2.05) is 13.8 Å². The minimum atomic E-state index is -1.17. The van der Waals surface area contributed by atoms with Crippen LogP contribution in [0.15, 0.2) is 0 Å². The highest BCUT2D eigenvalue weighted by molar-refractivity contribution is 7.80. The van der Waals surface area contributed by atoms with Gasteiger partial charge >= 0.3 is 5.97 Å². The van der Waals surface area contributed by atoms with Gasteiger partial charge in [-0.1, -0.05) is 34.1 Å². The lowest BCUT2D eigenvalue weighted by Crippen LogP contribution is -2.59. The van der Waals surface area contributed by atoms with E-state index in [1.165, 1.54) is 0 Å². The number of rotatable bonds is 12. The van der Waals surface area contributed by atoms with Gasteiger partial charge < -0.3 is 26.8 Å².